The third kappa shape index (κ3) is 2.10. The molecule has 2 amide bonds. The quantitative estimate of drug-likeness (QED) is 0.599. The van der Waals surface area contributed by atoms with E-state index in [1.807, 2.05) is 0 Å². The number of hydrogen-bond donors (Lipinski definition) is 1. The third-order valence-electron chi connectivity index (χ3n) is 2.76. The molecule has 2 heterocycles. The number of carbonyl (C=O) groups is 2. The number of amides is 2. The molecule has 1 aromatic rings. The van der Waals surface area contributed by atoms with E-state index in [0.29, 0.717) is 11.0 Å². The average Bonchev–Trinajstić information content (AvgIpc) is 2.24. The molecule has 17 heavy (non-hydrogen) atoms. The number of aromatic nitrogens is 1. The zero-order chi connectivity index (χ0) is 12.6. The van der Waals surface area contributed by atoms with Crippen LogP contribution in [0.4, 0.5) is 5.82 Å². The number of piperazine rings is 1. The number of rotatable bonds is 1. The fraction of sp³-hybridized carbons (Fsp3) is 0.364. The Bertz CT molecular complexity index is 487. The highest BCUT2D eigenvalue weighted by Crippen LogP contribution is 2.25. The van der Waals surface area contributed by atoms with Gasteiger partial charge in [-0.05, 0) is 26.0 Å². The Morgan fingerprint density at radius 2 is 2.12 bits per heavy atom. The van der Waals surface area contributed by atoms with Gasteiger partial charge >= 0.3 is 0 Å². The molecule has 1 aliphatic heterocycles. The molecule has 1 N–H and O–H groups in total. The fourth-order valence-corrected chi connectivity index (χ4v) is 1.86. The standard InChI is InChI=1S/C11H12ClN3O2/c1-11(2)10(17)14-9(16)6-15(11)8-5-3-4-7(12)13-8/h3-5H,6H2,1-2H3,(H,14,16,17). The van der Waals surface area contributed by atoms with E-state index >= 15 is 0 Å². The molecule has 5 nitrogen and oxygen atoms in total. The SMILES string of the molecule is CC1(C)C(=O)NC(=O)CN1c1cccc(Cl)n1. The topological polar surface area (TPSA) is 62.3 Å². The van der Waals surface area contributed by atoms with Crippen molar-refractivity contribution < 1.29 is 9.59 Å². The van der Waals surface area contributed by atoms with E-state index in [1.54, 1.807) is 36.9 Å². The van der Waals surface area contributed by atoms with Crippen molar-refractivity contribution in [2.45, 2.75) is 19.4 Å². The number of nitrogens with one attached hydrogen (secondary N) is 1. The molecule has 2 rings (SSSR count). The van der Waals surface area contributed by atoms with E-state index in [-0.39, 0.29) is 18.4 Å². The van der Waals surface area contributed by atoms with Crippen molar-refractivity contribution in [1.29, 1.82) is 0 Å². The smallest absolute Gasteiger partial charge is 0.251 e. The first-order valence-corrected chi connectivity index (χ1v) is 5.53. The summed E-state index contributed by atoms with van der Waals surface area (Å²) in [7, 11) is 0. The first-order valence-electron chi connectivity index (χ1n) is 5.16. The maximum absolute atomic E-state index is 11.8. The molecule has 0 atom stereocenters. The summed E-state index contributed by atoms with van der Waals surface area (Å²) in [4.78, 5) is 28.9. The van der Waals surface area contributed by atoms with Gasteiger partial charge < -0.3 is 4.90 Å². The summed E-state index contributed by atoms with van der Waals surface area (Å²) in [6, 6.07) is 5.10. The van der Waals surface area contributed by atoms with Crippen molar-refractivity contribution in [3.63, 3.8) is 0 Å². The second kappa shape index (κ2) is 4.00. The van der Waals surface area contributed by atoms with E-state index in [2.05, 4.69) is 10.3 Å². The first kappa shape index (κ1) is 11.9. The van der Waals surface area contributed by atoms with E-state index in [1.165, 1.54) is 0 Å². The second-order valence-electron chi connectivity index (χ2n) is 4.34. The molecule has 1 aromatic heterocycles. The molecule has 0 spiro atoms. The fourth-order valence-electron chi connectivity index (χ4n) is 1.70. The molecule has 0 bridgehead atoms. The first-order chi connectivity index (χ1) is 7.91. The van der Waals surface area contributed by atoms with Crippen LogP contribution < -0.4 is 10.2 Å². The van der Waals surface area contributed by atoms with Gasteiger partial charge in [-0.1, -0.05) is 17.7 Å². The molecule has 6 heteroatoms. The van der Waals surface area contributed by atoms with Crippen LogP contribution in [-0.2, 0) is 9.59 Å². The van der Waals surface area contributed by atoms with Crippen LogP contribution in [0.25, 0.3) is 0 Å². The van der Waals surface area contributed by atoms with Crippen molar-refractivity contribution in [2.75, 3.05) is 11.4 Å². The lowest BCUT2D eigenvalue weighted by molar-refractivity contribution is -0.135. The van der Waals surface area contributed by atoms with Gasteiger partial charge in [0.2, 0.25) is 5.91 Å². The van der Waals surface area contributed by atoms with E-state index in [9.17, 15) is 9.59 Å². The second-order valence-corrected chi connectivity index (χ2v) is 4.73. The Labute approximate surface area is 104 Å². The Balaban J connectivity index is 2.42. The lowest BCUT2D eigenvalue weighted by atomic mass is 9.99. The summed E-state index contributed by atoms with van der Waals surface area (Å²) < 4.78 is 0. The van der Waals surface area contributed by atoms with Gasteiger partial charge in [-0.2, -0.15) is 0 Å². The monoisotopic (exact) mass is 253 g/mol. The van der Waals surface area contributed by atoms with E-state index < -0.39 is 5.54 Å². The van der Waals surface area contributed by atoms with Crippen molar-refractivity contribution in [3.05, 3.63) is 23.4 Å². The molecular formula is C11H12ClN3O2. The van der Waals surface area contributed by atoms with Gasteiger partial charge in [-0.25, -0.2) is 4.98 Å². The van der Waals surface area contributed by atoms with Gasteiger partial charge in [-0.3, -0.25) is 14.9 Å². The average molecular weight is 254 g/mol. The number of pyridine rings is 1. The maximum Gasteiger partial charge on any atom is 0.251 e. The molecule has 0 aromatic carbocycles. The van der Waals surface area contributed by atoms with Crippen molar-refractivity contribution in [1.82, 2.24) is 10.3 Å². The summed E-state index contributed by atoms with van der Waals surface area (Å²) in [5.74, 6) is -0.155. The van der Waals surface area contributed by atoms with Crippen LogP contribution in [0.5, 0.6) is 0 Å². The van der Waals surface area contributed by atoms with Gasteiger partial charge in [0, 0.05) is 0 Å². The molecule has 0 aliphatic carbocycles. The summed E-state index contributed by atoms with van der Waals surface area (Å²) in [6.45, 7) is 3.56. The molecule has 90 valence electrons. The van der Waals surface area contributed by atoms with Crippen LogP contribution in [0.15, 0.2) is 18.2 Å². The molecule has 0 saturated carbocycles. The van der Waals surface area contributed by atoms with Crippen LogP contribution in [0.2, 0.25) is 5.15 Å². The zero-order valence-corrected chi connectivity index (χ0v) is 10.3. The van der Waals surface area contributed by atoms with Crippen LogP contribution in [-0.4, -0.2) is 28.9 Å². The predicted octanol–water partition coefficient (Wildman–Crippen LogP) is 0.976. The summed E-state index contributed by atoms with van der Waals surface area (Å²) in [5, 5.41) is 2.63. The van der Waals surface area contributed by atoms with Gasteiger partial charge in [0.05, 0.1) is 6.54 Å². The highest BCUT2D eigenvalue weighted by molar-refractivity contribution is 6.29. The van der Waals surface area contributed by atoms with Gasteiger partial charge in [0.15, 0.2) is 0 Å². The molecular weight excluding hydrogens is 242 g/mol. The number of halogens is 1. The van der Waals surface area contributed by atoms with Crippen LogP contribution >= 0.6 is 11.6 Å². The Morgan fingerprint density at radius 1 is 1.41 bits per heavy atom. The highest BCUT2D eigenvalue weighted by atomic mass is 35.5. The summed E-state index contributed by atoms with van der Waals surface area (Å²) in [6.07, 6.45) is 0. The predicted molar refractivity (Wildman–Crippen MR) is 63.8 cm³/mol. The molecule has 1 aliphatic rings. The molecule has 1 fully saturated rings. The lowest BCUT2D eigenvalue weighted by Gasteiger charge is -2.40. The Hall–Kier alpha value is -1.62. The van der Waals surface area contributed by atoms with Gasteiger partial charge in [-0.15, -0.1) is 0 Å². The third-order valence-corrected chi connectivity index (χ3v) is 2.97. The van der Waals surface area contributed by atoms with Crippen LogP contribution in [0.3, 0.4) is 0 Å². The molecule has 0 radical (unpaired) electrons. The number of hydrogen-bond acceptors (Lipinski definition) is 4. The lowest BCUT2D eigenvalue weighted by Crippen LogP contribution is -2.64. The Kier molecular flexibility index (Phi) is 2.79. The molecule has 0 unspecified atom stereocenters. The van der Waals surface area contributed by atoms with Crippen LogP contribution in [0, 0.1) is 0 Å². The largest absolute Gasteiger partial charge is 0.333 e. The summed E-state index contributed by atoms with van der Waals surface area (Å²) in [5.41, 5.74) is -0.828. The normalized spacial score (nSPS) is 19.1. The highest BCUT2D eigenvalue weighted by Gasteiger charge is 2.41. The number of anilines is 1. The number of carbonyl (C=O) groups excluding carboxylic acids is 2. The summed E-state index contributed by atoms with van der Waals surface area (Å²) >= 11 is 5.81. The molecule has 1 saturated heterocycles. The van der Waals surface area contributed by atoms with Crippen molar-refractivity contribution >= 4 is 29.2 Å². The zero-order valence-electron chi connectivity index (χ0n) is 9.53. The maximum atomic E-state index is 11.8. The minimum absolute atomic E-state index is 0.0894. The number of imide groups is 1. The minimum Gasteiger partial charge on any atom is -0.333 e. The van der Waals surface area contributed by atoms with Gasteiger partial charge in [0.1, 0.15) is 16.5 Å². The minimum atomic E-state index is -0.828. The van der Waals surface area contributed by atoms with Crippen molar-refractivity contribution in [2.24, 2.45) is 0 Å². The van der Waals surface area contributed by atoms with Gasteiger partial charge in [0.25, 0.3) is 5.91 Å². The van der Waals surface area contributed by atoms with E-state index in [0.717, 1.165) is 0 Å². The van der Waals surface area contributed by atoms with Crippen molar-refractivity contribution in [3.8, 4) is 0 Å². The number of nitrogens with zero attached hydrogens (tertiary/aromatic N) is 2. The Morgan fingerprint density at radius 3 is 2.76 bits per heavy atom. The van der Waals surface area contributed by atoms with E-state index in [4.69, 9.17) is 11.6 Å². The van der Waals surface area contributed by atoms with Crippen LogP contribution in [0.1, 0.15) is 13.8 Å².